The Morgan fingerprint density at radius 2 is 1.28 bits per heavy atom. The molecule has 2 saturated carbocycles. The van der Waals surface area contributed by atoms with Crippen LogP contribution in [0.1, 0.15) is 155 Å². The van der Waals surface area contributed by atoms with Crippen molar-refractivity contribution >= 4 is 76.6 Å². The quantitative estimate of drug-likeness (QED) is 0.248. The third-order valence-electron chi connectivity index (χ3n) is 18.0. The van der Waals surface area contributed by atoms with E-state index in [4.69, 9.17) is 11.6 Å². The van der Waals surface area contributed by atoms with Crippen LogP contribution in [0, 0.1) is 23.7 Å². The molecule has 4 N–H and O–H groups in total. The third-order valence-corrected chi connectivity index (χ3v) is 18.3. The number of fused-ring (bicyclic) bond motifs is 1. The van der Waals surface area contributed by atoms with E-state index in [1.807, 2.05) is 20.8 Å². The van der Waals surface area contributed by atoms with Gasteiger partial charge < -0.3 is 55.6 Å². The van der Waals surface area contributed by atoms with Gasteiger partial charge in [-0.3, -0.25) is 52.7 Å². The molecule has 2 heterocycles. The molecule has 0 spiro atoms. The summed E-state index contributed by atoms with van der Waals surface area (Å²) in [5.74, 6) is -6.63. The van der Waals surface area contributed by atoms with Crippen molar-refractivity contribution in [3.8, 4) is 0 Å². The number of amides is 11. The Labute approximate surface area is 527 Å². The largest absolute Gasteiger partial charge is 0.417 e. The molecule has 0 unspecified atom stereocenters. The Balaban J connectivity index is 1.44. The van der Waals surface area contributed by atoms with E-state index in [9.17, 15) is 65.9 Å². The van der Waals surface area contributed by atoms with Crippen molar-refractivity contribution in [3.05, 3.63) is 34.3 Å². The Kier molecular flexibility index (Phi) is 27.6. The standard InChI is InChI=1S/C63H97ClF3N11O11/c1-12-39(4)55-62(89)74(8)36-53(82)72(6)37-54(83)76(10)49(34-41-19-14-13-15-20-41)61(88)73(7)35-50(79)70-46(28-24-42-23-27-44(45(64)33-42)63(65,66)67)60(87)78-30-18-21-47(78)57(84)68-29-17-16-22-51(80)77(11)56(43-25-26-43)59(86)69-40(5)32-52(81)75(9)48(31-38(2)3)58(85)71-55/h23,27,33,38-41,43,46-49,55-56H,12-22,24-26,28-32,34-37H2,1-11H3,(H,68,84)(H,69,86)(H,70,79)(H,71,85)/t39-,40+,46-,47-,48-,49-,55-,56-/m0/s1. The molecule has 2 aliphatic carbocycles. The summed E-state index contributed by atoms with van der Waals surface area (Å²) in [5.41, 5.74) is -0.712. The van der Waals surface area contributed by atoms with E-state index in [1.54, 1.807) is 20.9 Å². The molecule has 22 nitrogen and oxygen atoms in total. The minimum atomic E-state index is -4.72. The highest BCUT2D eigenvalue weighted by Crippen LogP contribution is 2.37. The van der Waals surface area contributed by atoms with Gasteiger partial charge in [0.15, 0.2) is 0 Å². The van der Waals surface area contributed by atoms with E-state index in [2.05, 4.69) is 21.3 Å². The van der Waals surface area contributed by atoms with Crippen LogP contribution in [-0.4, -0.2) is 217 Å². The monoisotopic (exact) mass is 1280 g/mol. The molecule has 1 aromatic carbocycles. The maximum atomic E-state index is 14.6. The number of halogens is 4. The summed E-state index contributed by atoms with van der Waals surface area (Å²) < 4.78 is 41.0. The van der Waals surface area contributed by atoms with Gasteiger partial charge in [0.25, 0.3) is 0 Å². The van der Waals surface area contributed by atoms with Gasteiger partial charge in [0.2, 0.25) is 65.0 Å². The maximum absolute atomic E-state index is 14.6. The Bertz CT molecular complexity index is 2690. The molecular weight excluding hydrogens is 1180 g/mol. The van der Waals surface area contributed by atoms with Gasteiger partial charge in [-0.2, -0.15) is 13.2 Å². The number of alkyl halides is 3. The summed E-state index contributed by atoms with van der Waals surface area (Å²) in [6, 6.07) is -3.85. The molecule has 498 valence electrons. The van der Waals surface area contributed by atoms with E-state index >= 15 is 0 Å². The second kappa shape index (κ2) is 33.5. The van der Waals surface area contributed by atoms with Crippen LogP contribution in [0.15, 0.2) is 18.2 Å². The summed E-state index contributed by atoms with van der Waals surface area (Å²) >= 11 is 6.07. The molecule has 1 aromatic rings. The van der Waals surface area contributed by atoms with Gasteiger partial charge in [-0.05, 0) is 112 Å². The van der Waals surface area contributed by atoms with Crippen molar-refractivity contribution in [1.29, 1.82) is 0 Å². The summed E-state index contributed by atoms with van der Waals surface area (Å²) in [5, 5.41) is 10.8. The molecule has 4 aliphatic rings. The van der Waals surface area contributed by atoms with E-state index in [0.717, 1.165) is 58.9 Å². The molecule has 0 bridgehead atoms. The highest BCUT2D eigenvalue weighted by atomic mass is 35.5. The number of likely N-dealkylation sites (N-methyl/N-ethyl adjacent to an activating group) is 6. The third kappa shape index (κ3) is 21.0. The number of carbonyl (C=O) groups is 11. The molecule has 0 radical (unpaired) electrons. The van der Waals surface area contributed by atoms with Gasteiger partial charge in [0, 0.05) is 74.3 Å². The lowest BCUT2D eigenvalue weighted by Crippen LogP contribution is -2.57. The zero-order chi connectivity index (χ0) is 66.2. The number of benzene rings is 1. The molecule has 89 heavy (non-hydrogen) atoms. The number of hydrogen-bond donors (Lipinski definition) is 4. The number of hydrogen-bond acceptors (Lipinski definition) is 11. The Morgan fingerprint density at radius 3 is 1.90 bits per heavy atom. The minimum Gasteiger partial charge on any atom is -0.354 e. The first-order valence-electron chi connectivity index (χ1n) is 31.7. The van der Waals surface area contributed by atoms with Crippen LogP contribution < -0.4 is 21.3 Å². The number of nitrogens with one attached hydrogen (secondary N) is 4. The molecular formula is C63H97ClF3N11O11. The van der Waals surface area contributed by atoms with Crippen molar-refractivity contribution in [3.63, 3.8) is 0 Å². The number of rotatable bonds is 10. The van der Waals surface area contributed by atoms with Crippen LogP contribution in [0.3, 0.4) is 0 Å². The highest BCUT2D eigenvalue weighted by molar-refractivity contribution is 6.31. The van der Waals surface area contributed by atoms with Crippen LogP contribution in [0.2, 0.25) is 5.02 Å². The number of carbonyl (C=O) groups excluding carboxylic acids is 11. The van der Waals surface area contributed by atoms with Gasteiger partial charge in [-0.25, -0.2) is 0 Å². The second-order valence-corrected chi connectivity index (χ2v) is 26.1. The van der Waals surface area contributed by atoms with Gasteiger partial charge >= 0.3 is 6.18 Å². The summed E-state index contributed by atoms with van der Waals surface area (Å²) in [7, 11) is 8.66. The maximum Gasteiger partial charge on any atom is 0.417 e. The Morgan fingerprint density at radius 1 is 0.640 bits per heavy atom. The van der Waals surface area contributed by atoms with E-state index in [0.29, 0.717) is 44.1 Å². The first-order valence-corrected chi connectivity index (χ1v) is 32.1. The van der Waals surface area contributed by atoms with Gasteiger partial charge in [0.1, 0.15) is 36.3 Å². The van der Waals surface area contributed by atoms with Crippen LogP contribution >= 0.6 is 11.6 Å². The predicted octanol–water partition coefficient (Wildman–Crippen LogP) is 4.78. The van der Waals surface area contributed by atoms with Crippen LogP contribution in [-0.2, 0) is 65.3 Å². The van der Waals surface area contributed by atoms with Crippen molar-refractivity contribution in [1.82, 2.24) is 55.6 Å². The Hall–Kier alpha value is -6.53. The van der Waals surface area contributed by atoms with Crippen molar-refractivity contribution in [2.24, 2.45) is 23.7 Å². The van der Waals surface area contributed by atoms with Crippen LogP contribution in [0.5, 0.6) is 0 Å². The number of nitrogens with zero attached hydrogens (tertiary/aromatic N) is 7. The van der Waals surface area contributed by atoms with Gasteiger partial charge in [-0.15, -0.1) is 0 Å². The molecule has 0 aromatic heterocycles. The zero-order valence-corrected chi connectivity index (χ0v) is 54.7. The second-order valence-electron chi connectivity index (χ2n) is 25.7. The fourth-order valence-electron chi connectivity index (χ4n) is 12.1. The van der Waals surface area contributed by atoms with Crippen LogP contribution in [0.25, 0.3) is 0 Å². The fraction of sp³-hybridized carbons (Fsp3) is 0.730. The lowest BCUT2D eigenvalue weighted by molar-refractivity contribution is -0.149. The van der Waals surface area contributed by atoms with E-state index in [1.165, 1.54) is 60.9 Å². The molecule has 5 rings (SSSR count). The number of aryl methyl sites for hydroxylation is 1. The van der Waals surface area contributed by atoms with Crippen LogP contribution in [0.4, 0.5) is 13.2 Å². The molecule has 4 fully saturated rings. The van der Waals surface area contributed by atoms with Gasteiger partial charge in [-0.1, -0.05) is 83.9 Å². The highest BCUT2D eigenvalue weighted by Gasteiger charge is 2.43. The summed E-state index contributed by atoms with van der Waals surface area (Å²) in [4.78, 5) is 165. The van der Waals surface area contributed by atoms with Crippen molar-refractivity contribution in [2.75, 3.05) is 75.0 Å². The smallest absolute Gasteiger partial charge is 0.354 e. The lowest BCUT2D eigenvalue weighted by atomic mass is 9.84. The van der Waals surface area contributed by atoms with Crippen molar-refractivity contribution < 1.29 is 65.9 Å². The molecule has 26 heteroatoms. The minimum absolute atomic E-state index is 0.0262. The average Bonchev–Trinajstić information content (AvgIpc) is 2.55. The molecule has 11 amide bonds. The summed E-state index contributed by atoms with van der Waals surface area (Å²) in [6.07, 6.45) is 3.18. The molecule has 8 atom stereocenters. The molecule has 2 aliphatic heterocycles. The van der Waals surface area contributed by atoms with E-state index < -0.39 is 144 Å². The average molecular weight is 1280 g/mol. The normalized spacial score (nSPS) is 26.3. The fourth-order valence-corrected chi connectivity index (χ4v) is 12.5. The zero-order valence-electron chi connectivity index (χ0n) is 54.0. The van der Waals surface area contributed by atoms with E-state index in [-0.39, 0.29) is 81.7 Å². The SMILES string of the molecule is CC[C@H](C)[C@@H]1NC(=O)[C@H](CC(C)C)N(C)C(=O)C[C@@H](C)NC(=O)[C@H](C2CC2)N(C)C(=O)CCCCNC(=O)[C@@H]2CCCN2C(=O)[C@H](CCc2ccc(C(F)(F)F)c(Cl)c2)NC(=O)CN(C)C(=O)[C@H](CC2CCCCC2)N(C)C(=O)CN(C)C(=O)CN(C)C1=O. The first-order chi connectivity index (χ1) is 41.8. The van der Waals surface area contributed by atoms with Crippen molar-refractivity contribution in [2.45, 2.75) is 199 Å². The predicted molar refractivity (Wildman–Crippen MR) is 328 cm³/mol. The van der Waals surface area contributed by atoms with Gasteiger partial charge in [0.05, 0.1) is 30.2 Å². The summed E-state index contributed by atoms with van der Waals surface area (Å²) in [6.45, 7) is 7.78. The topological polar surface area (TPSA) is 259 Å². The lowest BCUT2D eigenvalue weighted by Gasteiger charge is -2.35. The first kappa shape index (κ1) is 73.2. The molecule has 2 saturated heterocycles.